The third kappa shape index (κ3) is 3.59. The van der Waals surface area contributed by atoms with Crippen LogP contribution in [0.2, 0.25) is 0 Å². The first-order valence-corrected chi connectivity index (χ1v) is 8.37. The summed E-state index contributed by atoms with van der Waals surface area (Å²) in [6, 6.07) is 4.78. The van der Waals surface area contributed by atoms with E-state index in [-0.39, 0.29) is 11.2 Å². The topological polar surface area (TPSA) is 12.5 Å². The molecule has 0 unspecified atom stereocenters. The summed E-state index contributed by atoms with van der Waals surface area (Å²) in [5.74, 6) is -0.480. The van der Waals surface area contributed by atoms with Crippen molar-refractivity contribution in [3.05, 3.63) is 24.0 Å². The first kappa shape index (κ1) is 16.5. The Hall–Kier alpha value is -1.39. The summed E-state index contributed by atoms with van der Waals surface area (Å²) < 4.78 is 42.9. The van der Waals surface area contributed by atoms with E-state index in [2.05, 4.69) is 23.5 Å². The Morgan fingerprint density at radius 2 is 1.96 bits per heavy atom. The van der Waals surface area contributed by atoms with Crippen molar-refractivity contribution in [2.75, 3.05) is 11.4 Å². The molecule has 1 aromatic carbocycles. The standard InChI is InChI=1S/C18H24F3NO/c1-18(2)10-12-5-3-4-6-15(12)22(11-18)13-7-8-16(14(19)9-13)23-17(20)21/h7-9,12,15,17H,3-6,10-11H2,1-2H3/t12-,15+/m1/s1. The molecule has 1 heterocycles. The molecule has 0 aromatic heterocycles. The quantitative estimate of drug-likeness (QED) is 0.754. The average molecular weight is 327 g/mol. The highest BCUT2D eigenvalue weighted by molar-refractivity contribution is 5.51. The molecule has 1 saturated carbocycles. The van der Waals surface area contributed by atoms with Crippen LogP contribution in [0.15, 0.2) is 18.2 Å². The maximum atomic E-state index is 14.1. The molecule has 0 radical (unpaired) electrons. The Balaban J connectivity index is 1.87. The normalized spacial score (nSPS) is 27.0. The summed E-state index contributed by atoms with van der Waals surface area (Å²) in [6.45, 7) is 2.35. The van der Waals surface area contributed by atoms with Crippen molar-refractivity contribution in [3.8, 4) is 5.75 Å². The molecule has 0 amide bonds. The Kier molecular flexibility index (Phi) is 4.47. The van der Waals surface area contributed by atoms with E-state index in [1.165, 1.54) is 37.8 Å². The minimum Gasteiger partial charge on any atom is -0.432 e. The van der Waals surface area contributed by atoms with Gasteiger partial charge in [-0.25, -0.2) is 4.39 Å². The fraction of sp³-hybridized carbons (Fsp3) is 0.667. The molecule has 1 saturated heterocycles. The maximum Gasteiger partial charge on any atom is 0.387 e. The molecule has 2 fully saturated rings. The fourth-order valence-electron chi connectivity index (χ4n) is 4.33. The van der Waals surface area contributed by atoms with Crippen molar-refractivity contribution in [2.24, 2.45) is 11.3 Å². The van der Waals surface area contributed by atoms with E-state index >= 15 is 0 Å². The van der Waals surface area contributed by atoms with Crippen LogP contribution in [0.25, 0.3) is 0 Å². The number of alkyl halides is 2. The number of halogens is 3. The number of fused-ring (bicyclic) bond motifs is 1. The predicted octanol–water partition coefficient (Wildman–Crippen LogP) is 5.22. The molecule has 2 atom stereocenters. The van der Waals surface area contributed by atoms with Crippen molar-refractivity contribution < 1.29 is 17.9 Å². The van der Waals surface area contributed by atoms with Crippen LogP contribution >= 0.6 is 0 Å². The third-order valence-electron chi connectivity index (χ3n) is 5.15. The molecular weight excluding hydrogens is 303 g/mol. The van der Waals surface area contributed by atoms with Crippen LogP contribution in [0.4, 0.5) is 18.9 Å². The molecule has 1 aliphatic heterocycles. The highest BCUT2D eigenvalue weighted by Crippen LogP contribution is 2.44. The van der Waals surface area contributed by atoms with Crippen molar-refractivity contribution >= 4 is 5.69 Å². The van der Waals surface area contributed by atoms with Gasteiger partial charge in [0.25, 0.3) is 0 Å². The summed E-state index contributed by atoms with van der Waals surface area (Å²) in [5.41, 5.74) is 0.946. The second-order valence-corrected chi connectivity index (χ2v) is 7.60. The molecule has 2 nitrogen and oxygen atoms in total. The lowest BCUT2D eigenvalue weighted by Crippen LogP contribution is -2.53. The zero-order valence-electron chi connectivity index (χ0n) is 13.7. The Morgan fingerprint density at radius 3 is 2.65 bits per heavy atom. The number of anilines is 1. The van der Waals surface area contributed by atoms with Gasteiger partial charge in [-0.05, 0) is 42.7 Å². The van der Waals surface area contributed by atoms with Gasteiger partial charge in [-0.15, -0.1) is 0 Å². The monoisotopic (exact) mass is 327 g/mol. The lowest BCUT2D eigenvalue weighted by Gasteiger charge is -2.51. The predicted molar refractivity (Wildman–Crippen MR) is 84.5 cm³/mol. The minimum atomic E-state index is -3.01. The molecule has 0 N–H and O–H groups in total. The molecule has 2 aliphatic rings. The van der Waals surface area contributed by atoms with Crippen LogP contribution in [0.1, 0.15) is 46.0 Å². The van der Waals surface area contributed by atoms with Crippen LogP contribution < -0.4 is 9.64 Å². The van der Waals surface area contributed by atoms with Crippen molar-refractivity contribution in [1.29, 1.82) is 0 Å². The van der Waals surface area contributed by atoms with Crippen molar-refractivity contribution in [2.45, 2.75) is 58.6 Å². The van der Waals surface area contributed by atoms with Crippen LogP contribution in [0, 0.1) is 17.2 Å². The molecule has 5 heteroatoms. The molecule has 0 bridgehead atoms. The second-order valence-electron chi connectivity index (χ2n) is 7.60. The average Bonchev–Trinajstić information content (AvgIpc) is 2.47. The summed E-state index contributed by atoms with van der Waals surface area (Å²) in [5, 5.41) is 0. The summed E-state index contributed by atoms with van der Waals surface area (Å²) in [7, 11) is 0. The van der Waals surface area contributed by atoms with Gasteiger partial charge >= 0.3 is 6.61 Å². The molecule has 0 spiro atoms. The number of piperidine rings is 1. The molecule has 3 rings (SSSR count). The van der Waals surface area contributed by atoms with Gasteiger partial charge in [0.05, 0.1) is 0 Å². The zero-order valence-corrected chi connectivity index (χ0v) is 13.7. The Bertz CT molecular complexity index is 561. The zero-order chi connectivity index (χ0) is 16.6. The van der Waals surface area contributed by atoms with Crippen molar-refractivity contribution in [1.82, 2.24) is 0 Å². The van der Waals surface area contributed by atoms with Gasteiger partial charge in [-0.1, -0.05) is 26.7 Å². The minimum absolute atomic E-state index is 0.174. The smallest absolute Gasteiger partial charge is 0.387 e. The van der Waals surface area contributed by atoms with Gasteiger partial charge in [0.1, 0.15) is 0 Å². The van der Waals surface area contributed by atoms with Crippen LogP contribution in [-0.2, 0) is 0 Å². The number of rotatable bonds is 3. The van der Waals surface area contributed by atoms with Gasteiger partial charge in [0.15, 0.2) is 11.6 Å². The number of nitrogens with zero attached hydrogens (tertiary/aromatic N) is 1. The van der Waals surface area contributed by atoms with Crippen LogP contribution in [-0.4, -0.2) is 19.2 Å². The highest BCUT2D eigenvalue weighted by Gasteiger charge is 2.41. The van der Waals surface area contributed by atoms with Gasteiger partial charge < -0.3 is 9.64 Å². The lowest BCUT2D eigenvalue weighted by molar-refractivity contribution is -0.0521. The van der Waals surface area contributed by atoms with Gasteiger partial charge in [-0.3, -0.25) is 0 Å². The molecule has 1 aromatic rings. The number of ether oxygens (including phenoxy) is 1. The van der Waals surface area contributed by atoms with E-state index in [4.69, 9.17) is 0 Å². The third-order valence-corrected chi connectivity index (χ3v) is 5.15. The molecule has 128 valence electrons. The van der Waals surface area contributed by atoms with Crippen LogP contribution in [0.3, 0.4) is 0 Å². The van der Waals surface area contributed by atoms with Crippen LogP contribution in [0.5, 0.6) is 5.75 Å². The maximum absolute atomic E-state index is 14.1. The van der Waals surface area contributed by atoms with E-state index in [9.17, 15) is 13.2 Å². The van der Waals surface area contributed by atoms with E-state index in [1.54, 1.807) is 6.07 Å². The van der Waals surface area contributed by atoms with Gasteiger partial charge in [0.2, 0.25) is 0 Å². The van der Waals surface area contributed by atoms with E-state index in [1.807, 2.05) is 0 Å². The number of benzene rings is 1. The number of hydrogen-bond donors (Lipinski definition) is 0. The number of hydrogen-bond acceptors (Lipinski definition) is 2. The molecule has 1 aliphatic carbocycles. The lowest BCUT2D eigenvalue weighted by atomic mass is 9.69. The van der Waals surface area contributed by atoms with E-state index in [0.29, 0.717) is 12.0 Å². The summed E-state index contributed by atoms with van der Waals surface area (Å²) >= 11 is 0. The van der Waals surface area contributed by atoms with E-state index in [0.717, 1.165) is 18.7 Å². The SMILES string of the molecule is CC1(C)C[C@H]2CCCC[C@@H]2N(c2ccc(OC(F)F)c(F)c2)C1. The molecular formula is C18H24F3NO. The first-order chi connectivity index (χ1) is 10.9. The fourth-order valence-corrected chi connectivity index (χ4v) is 4.33. The van der Waals surface area contributed by atoms with Crippen molar-refractivity contribution in [3.63, 3.8) is 0 Å². The van der Waals surface area contributed by atoms with Gasteiger partial charge in [-0.2, -0.15) is 8.78 Å². The Labute approximate surface area is 135 Å². The first-order valence-electron chi connectivity index (χ1n) is 8.37. The largest absolute Gasteiger partial charge is 0.432 e. The van der Waals surface area contributed by atoms with E-state index < -0.39 is 12.4 Å². The van der Waals surface area contributed by atoms with Gasteiger partial charge in [0, 0.05) is 24.3 Å². The summed E-state index contributed by atoms with van der Waals surface area (Å²) in [6.07, 6.45) is 6.01. The molecule has 23 heavy (non-hydrogen) atoms. The summed E-state index contributed by atoms with van der Waals surface area (Å²) in [4.78, 5) is 2.28. The second kappa shape index (κ2) is 6.25. The highest BCUT2D eigenvalue weighted by atomic mass is 19.3. The Morgan fingerprint density at radius 1 is 1.22 bits per heavy atom.